The first-order valence-corrected chi connectivity index (χ1v) is 11.0. The highest BCUT2D eigenvalue weighted by Crippen LogP contribution is 2.45. The predicted molar refractivity (Wildman–Crippen MR) is 96.6 cm³/mol. The summed E-state index contributed by atoms with van der Waals surface area (Å²) in [7, 11) is 2.43. The van der Waals surface area contributed by atoms with E-state index in [1.54, 1.807) is 0 Å². The lowest BCUT2D eigenvalue weighted by Crippen LogP contribution is -2.33. The minimum atomic E-state index is -4.09. The van der Waals surface area contributed by atoms with Crippen LogP contribution in [0.3, 0.4) is 0 Å². The third kappa shape index (κ3) is 11.1. The second kappa shape index (κ2) is 12.9. The highest BCUT2D eigenvalue weighted by molar-refractivity contribution is 8.77. The summed E-state index contributed by atoms with van der Waals surface area (Å²) in [5.41, 5.74) is 0. The molecule has 0 rings (SSSR count). The normalized spacial score (nSPS) is 15.3. The van der Waals surface area contributed by atoms with Gasteiger partial charge in [-0.3, -0.25) is 0 Å². The van der Waals surface area contributed by atoms with Gasteiger partial charge in [0.15, 0.2) is 0 Å². The van der Waals surface area contributed by atoms with Crippen molar-refractivity contribution in [2.24, 2.45) is 5.92 Å². The Morgan fingerprint density at radius 2 is 1.27 bits per heavy atom. The maximum absolute atomic E-state index is 13.5. The first-order valence-electron chi connectivity index (χ1n) is 8.71. The van der Waals surface area contributed by atoms with Gasteiger partial charge in [-0.1, -0.05) is 94.2 Å². The summed E-state index contributed by atoms with van der Waals surface area (Å²) in [6.45, 7) is 8.14. The maximum Gasteiger partial charge on any atom is 0.401 e. The summed E-state index contributed by atoms with van der Waals surface area (Å²) in [4.78, 5) is 0. The first-order chi connectivity index (χ1) is 10.3. The quantitative estimate of drug-likeness (QED) is 0.242. The minimum absolute atomic E-state index is 0.223. The molecule has 0 aromatic rings. The SMILES string of the molecule is CCCCCCC(CCCCC)[C@H](SSC(C)C)C(F)(F)F. The van der Waals surface area contributed by atoms with Crippen molar-refractivity contribution in [2.45, 2.75) is 102 Å². The summed E-state index contributed by atoms with van der Waals surface area (Å²) < 4.78 is 40.4. The van der Waals surface area contributed by atoms with Gasteiger partial charge in [0.05, 0.1) is 0 Å². The topological polar surface area (TPSA) is 0 Å². The van der Waals surface area contributed by atoms with Crippen molar-refractivity contribution in [1.29, 1.82) is 0 Å². The molecule has 0 radical (unpaired) electrons. The van der Waals surface area contributed by atoms with Crippen LogP contribution in [0, 0.1) is 5.92 Å². The minimum Gasteiger partial charge on any atom is -0.170 e. The molecule has 1 unspecified atom stereocenters. The molecule has 0 saturated carbocycles. The van der Waals surface area contributed by atoms with Crippen molar-refractivity contribution in [2.75, 3.05) is 0 Å². The average molecular weight is 359 g/mol. The van der Waals surface area contributed by atoms with Crippen LogP contribution < -0.4 is 0 Å². The van der Waals surface area contributed by atoms with Gasteiger partial charge in [-0.05, 0) is 18.8 Å². The summed E-state index contributed by atoms with van der Waals surface area (Å²) in [5, 5.41) is -0.982. The first kappa shape index (κ1) is 22.5. The Hall–Kier alpha value is 0.490. The van der Waals surface area contributed by atoms with Gasteiger partial charge < -0.3 is 0 Å². The lowest BCUT2D eigenvalue weighted by Gasteiger charge is -2.29. The number of alkyl halides is 3. The van der Waals surface area contributed by atoms with Gasteiger partial charge in [-0.25, -0.2) is 0 Å². The second-order valence-corrected chi connectivity index (χ2v) is 9.30. The fourth-order valence-corrected chi connectivity index (χ4v) is 5.21. The van der Waals surface area contributed by atoms with Crippen molar-refractivity contribution in [3.8, 4) is 0 Å². The molecule has 134 valence electrons. The number of unbranched alkanes of at least 4 members (excludes halogenated alkanes) is 5. The standard InChI is InChI=1S/C17H33F3S2/c1-5-7-9-11-13-15(12-10-8-6-2)16(17(18,19)20)22-21-14(3)4/h14-16H,5-13H2,1-4H3/t15?,16-/m0/s1. The van der Waals surface area contributed by atoms with E-state index in [0.29, 0.717) is 0 Å². The zero-order chi connectivity index (χ0) is 17.0. The van der Waals surface area contributed by atoms with E-state index in [0.717, 1.165) is 68.6 Å². The molecule has 0 fully saturated rings. The molecule has 0 aliphatic rings. The van der Waals surface area contributed by atoms with E-state index in [-0.39, 0.29) is 11.2 Å². The van der Waals surface area contributed by atoms with Gasteiger partial charge in [-0.15, -0.1) is 0 Å². The largest absolute Gasteiger partial charge is 0.401 e. The molecule has 0 nitrogen and oxygen atoms in total. The van der Waals surface area contributed by atoms with Gasteiger partial charge >= 0.3 is 6.18 Å². The Morgan fingerprint density at radius 1 is 0.773 bits per heavy atom. The Balaban J connectivity index is 4.68. The van der Waals surface area contributed by atoms with Crippen LogP contribution in [0.5, 0.6) is 0 Å². The Kier molecular flexibility index (Phi) is 13.1. The summed E-state index contributed by atoms with van der Waals surface area (Å²) in [6, 6.07) is 0. The van der Waals surface area contributed by atoms with E-state index in [4.69, 9.17) is 0 Å². The van der Waals surface area contributed by atoms with E-state index < -0.39 is 11.4 Å². The van der Waals surface area contributed by atoms with Crippen LogP contribution in [0.1, 0.15) is 85.5 Å². The molecule has 0 aromatic heterocycles. The van der Waals surface area contributed by atoms with Gasteiger partial charge in [-0.2, -0.15) is 13.2 Å². The third-order valence-corrected chi connectivity index (χ3v) is 7.17. The van der Waals surface area contributed by atoms with Crippen LogP contribution in [0.25, 0.3) is 0 Å². The number of hydrogen-bond donors (Lipinski definition) is 0. The zero-order valence-corrected chi connectivity index (χ0v) is 16.2. The molecule has 0 N–H and O–H groups in total. The van der Waals surface area contributed by atoms with Crippen molar-refractivity contribution < 1.29 is 13.2 Å². The highest BCUT2D eigenvalue weighted by atomic mass is 33.1. The molecule has 0 bridgehead atoms. The zero-order valence-electron chi connectivity index (χ0n) is 14.5. The smallest absolute Gasteiger partial charge is 0.170 e. The molecule has 0 aliphatic carbocycles. The van der Waals surface area contributed by atoms with Crippen molar-refractivity contribution in [3.63, 3.8) is 0 Å². The maximum atomic E-state index is 13.5. The lowest BCUT2D eigenvalue weighted by molar-refractivity contribution is -0.138. The van der Waals surface area contributed by atoms with Crippen molar-refractivity contribution in [1.82, 2.24) is 0 Å². The summed E-state index contributed by atoms with van der Waals surface area (Å²) in [6.07, 6.45) is 4.63. The monoisotopic (exact) mass is 358 g/mol. The van der Waals surface area contributed by atoms with Gasteiger partial charge in [0.2, 0.25) is 0 Å². The highest BCUT2D eigenvalue weighted by Gasteiger charge is 2.44. The van der Waals surface area contributed by atoms with Crippen LogP contribution in [0.4, 0.5) is 13.2 Å². The van der Waals surface area contributed by atoms with Crippen LogP contribution >= 0.6 is 21.6 Å². The molecule has 22 heavy (non-hydrogen) atoms. The molecular formula is C17H33F3S2. The van der Waals surface area contributed by atoms with Crippen LogP contribution in [-0.2, 0) is 0 Å². The van der Waals surface area contributed by atoms with E-state index in [1.165, 1.54) is 10.8 Å². The second-order valence-electron chi connectivity index (χ2n) is 6.31. The van der Waals surface area contributed by atoms with E-state index in [9.17, 15) is 13.2 Å². The van der Waals surface area contributed by atoms with Crippen molar-refractivity contribution in [3.05, 3.63) is 0 Å². The molecule has 0 aromatic carbocycles. The molecule has 5 heteroatoms. The molecule has 0 aliphatic heterocycles. The predicted octanol–water partition coefficient (Wildman–Crippen LogP) is 7.87. The molecule has 0 heterocycles. The molecular weight excluding hydrogens is 325 g/mol. The Bertz CT molecular complexity index is 255. The lowest BCUT2D eigenvalue weighted by atomic mass is 9.91. The summed E-state index contributed by atoms with van der Waals surface area (Å²) >= 11 is 0. The summed E-state index contributed by atoms with van der Waals surface area (Å²) in [5.74, 6) is -0.223. The molecule has 0 amide bonds. The van der Waals surface area contributed by atoms with Crippen LogP contribution in [-0.4, -0.2) is 16.7 Å². The average Bonchev–Trinajstić information content (AvgIpc) is 2.41. The fraction of sp³-hybridized carbons (Fsp3) is 1.00. The number of halogens is 3. The van der Waals surface area contributed by atoms with E-state index in [1.807, 2.05) is 13.8 Å². The number of rotatable bonds is 13. The third-order valence-electron chi connectivity index (χ3n) is 3.71. The fourth-order valence-electron chi connectivity index (χ4n) is 2.51. The van der Waals surface area contributed by atoms with Gasteiger partial charge in [0.25, 0.3) is 0 Å². The van der Waals surface area contributed by atoms with E-state index in [2.05, 4.69) is 13.8 Å². The van der Waals surface area contributed by atoms with Crippen LogP contribution in [0.15, 0.2) is 0 Å². The van der Waals surface area contributed by atoms with Gasteiger partial charge in [0, 0.05) is 5.25 Å². The van der Waals surface area contributed by atoms with Crippen LogP contribution in [0.2, 0.25) is 0 Å². The van der Waals surface area contributed by atoms with E-state index >= 15 is 0 Å². The molecule has 0 spiro atoms. The molecule has 0 saturated heterocycles. The number of hydrogen-bond acceptors (Lipinski definition) is 2. The van der Waals surface area contributed by atoms with Gasteiger partial charge in [0.1, 0.15) is 5.25 Å². The Labute approximate surface area is 143 Å². The Morgan fingerprint density at radius 3 is 1.73 bits per heavy atom. The van der Waals surface area contributed by atoms with Crippen molar-refractivity contribution >= 4 is 21.6 Å². The molecule has 2 atom stereocenters.